The van der Waals surface area contributed by atoms with E-state index in [1.807, 2.05) is 4.90 Å². The van der Waals surface area contributed by atoms with Crippen LogP contribution in [0.3, 0.4) is 0 Å². The van der Waals surface area contributed by atoms with Crippen LogP contribution in [-0.4, -0.2) is 40.4 Å². The van der Waals surface area contributed by atoms with Crippen LogP contribution in [0.4, 0.5) is 5.82 Å². The van der Waals surface area contributed by atoms with Crippen molar-refractivity contribution in [2.24, 2.45) is 5.92 Å². The standard InChI is InChI=1S/C16H26N4O/c1-3-8-17-15-12-18-14(11-19-15)16(21)20-9-5-6-13(4-2)7-10-20/h11-13H,3-10H2,1-2H3,(H,17,19). The molecule has 1 aromatic rings. The number of rotatable bonds is 5. The lowest BCUT2D eigenvalue weighted by molar-refractivity contribution is 0.0753. The lowest BCUT2D eigenvalue weighted by Crippen LogP contribution is -2.32. The van der Waals surface area contributed by atoms with Crippen molar-refractivity contribution in [3.63, 3.8) is 0 Å². The number of carbonyl (C=O) groups is 1. The largest absolute Gasteiger partial charge is 0.369 e. The van der Waals surface area contributed by atoms with Crippen molar-refractivity contribution in [1.82, 2.24) is 14.9 Å². The molecular formula is C16H26N4O. The molecule has 1 N–H and O–H groups in total. The minimum Gasteiger partial charge on any atom is -0.369 e. The average Bonchev–Trinajstić information content (AvgIpc) is 2.78. The van der Waals surface area contributed by atoms with Gasteiger partial charge in [-0.2, -0.15) is 0 Å². The lowest BCUT2D eigenvalue weighted by atomic mass is 9.98. The van der Waals surface area contributed by atoms with Gasteiger partial charge in [0.1, 0.15) is 11.5 Å². The molecule has 0 saturated carbocycles. The zero-order chi connectivity index (χ0) is 15.1. The molecule has 0 radical (unpaired) electrons. The van der Waals surface area contributed by atoms with E-state index in [2.05, 4.69) is 29.1 Å². The minimum atomic E-state index is 0.0151. The third-order valence-corrected chi connectivity index (χ3v) is 4.14. The fraction of sp³-hybridized carbons (Fsp3) is 0.688. The van der Waals surface area contributed by atoms with Crippen LogP contribution in [0.25, 0.3) is 0 Å². The third-order valence-electron chi connectivity index (χ3n) is 4.14. The van der Waals surface area contributed by atoms with Gasteiger partial charge in [0.05, 0.1) is 12.4 Å². The van der Waals surface area contributed by atoms with E-state index in [1.54, 1.807) is 12.4 Å². The highest BCUT2D eigenvalue weighted by Gasteiger charge is 2.21. The molecule has 1 aromatic heterocycles. The number of amides is 1. The highest BCUT2D eigenvalue weighted by Crippen LogP contribution is 2.21. The van der Waals surface area contributed by atoms with Gasteiger partial charge in [0.2, 0.25) is 0 Å². The highest BCUT2D eigenvalue weighted by atomic mass is 16.2. The second-order valence-corrected chi connectivity index (χ2v) is 5.71. The normalized spacial score (nSPS) is 19.1. The SMILES string of the molecule is CCCNc1cnc(C(=O)N2CCCC(CC)CC2)cn1. The maximum atomic E-state index is 12.5. The second-order valence-electron chi connectivity index (χ2n) is 5.71. The van der Waals surface area contributed by atoms with Gasteiger partial charge in [-0.05, 0) is 31.6 Å². The highest BCUT2D eigenvalue weighted by molar-refractivity contribution is 5.92. The topological polar surface area (TPSA) is 58.1 Å². The number of hydrogen-bond donors (Lipinski definition) is 1. The Kier molecular flexibility index (Phi) is 5.96. The zero-order valence-corrected chi connectivity index (χ0v) is 13.1. The first-order valence-electron chi connectivity index (χ1n) is 8.09. The molecule has 1 fully saturated rings. The molecule has 1 saturated heterocycles. The summed E-state index contributed by atoms with van der Waals surface area (Å²) in [5, 5.41) is 3.16. The second kappa shape index (κ2) is 7.96. The lowest BCUT2D eigenvalue weighted by Gasteiger charge is -2.20. The van der Waals surface area contributed by atoms with Crippen molar-refractivity contribution in [1.29, 1.82) is 0 Å². The van der Waals surface area contributed by atoms with Gasteiger partial charge >= 0.3 is 0 Å². The van der Waals surface area contributed by atoms with Gasteiger partial charge in [0, 0.05) is 19.6 Å². The van der Waals surface area contributed by atoms with Gasteiger partial charge in [-0.25, -0.2) is 9.97 Å². The summed E-state index contributed by atoms with van der Waals surface area (Å²) in [5.74, 6) is 1.51. The molecule has 5 heteroatoms. The number of hydrogen-bond acceptors (Lipinski definition) is 4. The van der Waals surface area contributed by atoms with Crippen LogP contribution < -0.4 is 5.32 Å². The number of likely N-dealkylation sites (tertiary alicyclic amines) is 1. The average molecular weight is 290 g/mol. The quantitative estimate of drug-likeness (QED) is 0.906. The summed E-state index contributed by atoms with van der Waals surface area (Å²) in [5.41, 5.74) is 0.451. The number of carbonyl (C=O) groups excluding carboxylic acids is 1. The van der Waals surface area contributed by atoms with Crippen LogP contribution in [0.15, 0.2) is 12.4 Å². The molecule has 116 valence electrons. The summed E-state index contributed by atoms with van der Waals surface area (Å²) in [4.78, 5) is 22.9. The van der Waals surface area contributed by atoms with Crippen LogP contribution in [-0.2, 0) is 0 Å². The van der Waals surface area contributed by atoms with E-state index in [0.29, 0.717) is 5.69 Å². The Balaban J connectivity index is 1.95. The zero-order valence-electron chi connectivity index (χ0n) is 13.1. The van der Waals surface area contributed by atoms with Crippen molar-refractivity contribution in [3.8, 4) is 0 Å². The summed E-state index contributed by atoms with van der Waals surface area (Å²) >= 11 is 0. The van der Waals surface area contributed by atoms with E-state index in [0.717, 1.165) is 50.6 Å². The molecule has 1 unspecified atom stereocenters. The van der Waals surface area contributed by atoms with Gasteiger partial charge in [-0.1, -0.05) is 20.3 Å². The van der Waals surface area contributed by atoms with Gasteiger partial charge in [-0.15, -0.1) is 0 Å². The first-order chi connectivity index (χ1) is 10.2. The Hall–Kier alpha value is -1.65. The number of anilines is 1. The Morgan fingerprint density at radius 2 is 2.14 bits per heavy atom. The van der Waals surface area contributed by atoms with Crippen LogP contribution in [0.5, 0.6) is 0 Å². The van der Waals surface area contributed by atoms with Crippen molar-refractivity contribution in [3.05, 3.63) is 18.1 Å². The van der Waals surface area contributed by atoms with E-state index < -0.39 is 0 Å². The molecule has 2 rings (SSSR count). The summed E-state index contributed by atoms with van der Waals surface area (Å²) in [7, 11) is 0. The summed E-state index contributed by atoms with van der Waals surface area (Å²) in [6.07, 6.45) is 8.90. The molecular weight excluding hydrogens is 264 g/mol. The van der Waals surface area contributed by atoms with E-state index in [9.17, 15) is 4.79 Å². The predicted molar refractivity (Wildman–Crippen MR) is 84.3 cm³/mol. The molecule has 21 heavy (non-hydrogen) atoms. The van der Waals surface area contributed by atoms with E-state index in [4.69, 9.17) is 0 Å². The Morgan fingerprint density at radius 3 is 2.81 bits per heavy atom. The van der Waals surface area contributed by atoms with E-state index in [-0.39, 0.29) is 5.91 Å². The fourth-order valence-corrected chi connectivity index (χ4v) is 2.72. The number of nitrogens with zero attached hydrogens (tertiary/aromatic N) is 3. The van der Waals surface area contributed by atoms with Crippen molar-refractivity contribution < 1.29 is 4.79 Å². The van der Waals surface area contributed by atoms with Crippen LogP contribution in [0.1, 0.15) is 56.4 Å². The molecule has 0 aromatic carbocycles. The maximum absolute atomic E-state index is 12.5. The van der Waals surface area contributed by atoms with Gasteiger partial charge in [-0.3, -0.25) is 4.79 Å². The molecule has 1 amide bonds. The maximum Gasteiger partial charge on any atom is 0.274 e. The van der Waals surface area contributed by atoms with E-state index >= 15 is 0 Å². The number of nitrogens with one attached hydrogen (secondary N) is 1. The summed E-state index contributed by atoms with van der Waals surface area (Å²) in [6, 6.07) is 0. The van der Waals surface area contributed by atoms with Gasteiger partial charge in [0.25, 0.3) is 5.91 Å². The Bertz CT molecular complexity index is 446. The molecule has 0 spiro atoms. The molecule has 0 aliphatic carbocycles. The van der Waals surface area contributed by atoms with Gasteiger partial charge in [0.15, 0.2) is 0 Å². The third kappa shape index (κ3) is 4.41. The fourth-order valence-electron chi connectivity index (χ4n) is 2.72. The molecule has 1 aliphatic heterocycles. The molecule has 2 heterocycles. The molecule has 1 aliphatic rings. The molecule has 5 nitrogen and oxygen atoms in total. The Morgan fingerprint density at radius 1 is 1.29 bits per heavy atom. The van der Waals surface area contributed by atoms with E-state index in [1.165, 1.54) is 12.8 Å². The number of aromatic nitrogens is 2. The Labute approximate surface area is 127 Å². The first-order valence-corrected chi connectivity index (χ1v) is 8.09. The van der Waals surface area contributed by atoms with Crippen LogP contribution in [0, 0.1) is 5.92 Å². The predicted octanol–water partition coefficient (Wildman–Crippen LogP) is 2.95. The monoisotopic (exact) mass is 290 g/mol. The smallest absolute Gasteiger partial charge is 0.274 e. The molecule has 1 atom stereocenters. The van der Waals surface area contributed by atoms with Crippen molar-refractivity contribution >= 4 is 11.7 Å². The van der Waals surface area contributed by atoms with Crippen molar-refractivity contribution in [2.45, 2.75) is 46.0 Å². The summed E-state index contributed by atoms with van der Waals surface area (Å²) in [6.45, 7) is 6.88. The first kappa shape index (κ1) is 15.7. The summed E-state index contributed by atoms with van der Waals surface area (Å²) < 4.78 is 0. The van der Waals surface area contributed by atoms with Crippen LogP contribution >= 0.6 is 0 Å². The van der Waals surface area contributed by atoms with Crippen LogP contribution in [0.2, 0.25) is 0 Å². The van der Waals surface area contributed by atoms with Crippen molar-refractivity contribution in [2.75, 3.05) is 25.0 Å². The van der Waals surface area contributed by atoms with Gasteiger partial charge < -0.3 is 10.2 Å². The molecule has 0 bridgehead atoms. The minimum absolute atomic E-state index is 0.0151.